The molecule has 2 fully saturated rings. The van der Waals surface area contributed by atoms with Crippen LogP contribution in [0, 0.1) is 11.6 Å². The number of carboxylic acid groups (broad SMARTS) is 1. The average molecular weight is 504 g/mol. The van der Waals surface area contributed by atoms with Crippen molar-refractivity contribution in [3.05, 3.63) is 51.9 Å². The SMILES string of the molecule is O=C(O)NC1(C(=O)N2CCN3c4cc(OCc5ccc(F)c(F)c5)nc(=O)n4CC3C2)CCCCC1. The third-order valence-corrected chi connectivity index (χ3v) is 7.26. The number of benzene rings is 1. The maximum Gasteiger partial charge on any atom is 0.405 e. The summed E-state index contributed by atoms with van der Waals surface area (Å²) < 4.78 is 33.7. The smallest absolute Gasteiger partial charge is 0.405 e. The lowest BCUT2D eigenvalue weighted by Gasteiger charge is -2.44. The van der Waals surface area contributed by atoms with Gasteiger partial charge >= 0.3 is 11.8 Å². The third-order valence-electron chi connectivity index (χ3n) is 7.26. The maximum atomic E-state index is 13.5. The molecule has 1 saturated heterocycles. The third kappa shape index (κ3) is 4.47. The fraction of sp³-hybridized carbons (Fsp3) is 0.500. The number of amides is 2. The van der Waals surface area contributed by atoms with Gasteiger partial charge in [-0.2, -0.15) is 4.98 Å². The van der Waals surface area contributed by atoms with Crippen molar-refractivity contribution in [2.45, 2.75) is 56.8 Å². The monoisotopic (exact) mass is 503 g/mol. The minimum absolute atomic E-state index is 0.0713. The number of hydrogen-bond acceptors (Lipinski definition) is 6. The number of halogens is 2. The van der Waals surface area contributed by atoms with Gasteiger partial charge < -0.3 is 25.0 Å². The Morgan fingerprint density at radius 3 is 2.61 bits per heavy atom. The van der Waals surface area contributed by atoms with Crippen molar-refractivity contribution in [2.75, 3.05) is 24.5 Å². The highest BCUT2D eigenvalue weighted by molar-refractivity contribution is 5.90. The number of rotatable bonds is 5. The number of nitrogens with one attached hydrogen (secondary N) is 1. The van der Waals surface area contributed by atoms with Gasteiger partial charge in [-0.15, -0.1) is 0 Å². The van der Waals surface area contributed by atoms with Crippen molar-refractivity contribution in [3.63, 3.8) is 0 Å². The number of hydrogen-bond donors (Lipinski definition) is 2. The van der Waals surface area contributed by atoms with Crippen LogP contribution in [-0.4, -0.2) is 62.8 Å². The molecule has 2 aromatic rings. The molecule has 5 rings (SSSR count). The van der Waals surface area contributed by atoms with E-state index in [-0.39, 0.29) is 24.4 Å². The number of anilines is 1. The van der Waals surface area contributed by atoms with Crippen LogP contribution in [0.2, 0.25) is 0 Å². The van der Waals surface area contributed by atoms with Gasteiger partial charge in [0.25, 0.3) is 0 Å². The standard InChI is InChI=1S/C24H27F2N5O5/c25-17-5-4-15(10-18(17)26)14-36-19-11-20-30-9-8-29(12-16(30)13-31(20)22(33)27-19)21(32)24(28-23(34)35)6-2-1-3-7-24/h4-5,10-11,16,28H,1-3,6-9,12-14H2,(H,34,35). The first-order valence-corrected chi connectivity index (χ1v) is 12.0. The van der Waals surface area contributed by atoms with Gasteiger partial charge in [-0.3, -0.25) is 9.36 Å². The number of carbonyl (C=O) groups is 2. The molecule has 10 nitrogen and oxygen atoms in total. The molecule has 1 aromatic heterocycles. The summed E-state index contributed by atoms with van der Waals surface area (Å²) in [5, 5.41) is 11.9. The molecular formula is C24H27F2N5O5. The van der Waals surface area contributed by atoms with Crippen LogP contribution in [0.25, 0.3) is 0 Å². The molecule has 2 amide bonds. The zero-order valence-electron chi connectivity index (χ0n) is 19.6. The first kappa shape index (κ1) is 24.0. The highest BCUT2D eigenvalue weighted by Crippen LogP contribution is 2.33. The average Bonchev–Trinajstić information content (AvgIpc) is 3.23. The Hall–Kier alpha value is -3.70. The molecular weight excluding hydrogens is 476 g/mol. The largest absolute Gasteiger partial charge is 0.473 e. The lowest BCUT2D eigenvalue weighted by molar-refractivity contribution is -0.140. The van der Waals surface area contributed by atoms with E-state index in [1.165, 1.54) is 10.6 Å². The number of ether oxygens (including phenoxy) is 1. The fourth-order valence-corrected chi connectivity index (χ4v) is 5.51. The van der Waals surface area contributed by atoms with Crippen molar-refractivity contribution in [1.82, 2.24) is 19.8 Å². The van der Waals surface area contributed by atoms with Gasteiger partial charge in [0.2, 0.25) is 11.8 Å². The van der Waals surface area contributed by atoms with Crippen LogP contribution in [0.1, 0.15) is 37.7 Å². The maximum absolute atomic E-state index is 13.5. The predicted molar refractivity (Wildman–Crippen MR) is 124 cm³/mol. The minimum Gasteiger partial charge on any atom is -0.473 e. The highest BCUT2D eigenvalue weighted by atomic mass is 19.2. The van der Waals surface area contributed by atoms with Crippen molar-refractivity contribution >= 4 is 17.8 Å². The molecule has 0 spiro atoms. The van der Waals surface area contributed by atoms with E-state index in [0.717, 1.165) is 31.4 Å². The summed E-state index contributed by atoms with van der Waals surface area (Å²) in [5.41, 5.74) is -1.21. The van der Waals surface area contributed by atoms with E-state index in [1.54, 1.807) is 11.0 Å². The summed E-state index contributed by atoms with van der Waals surface area (Å²) in [6, 6.07) is 4.90. The molecule has 1 aliphatic carbocycles. The number of nitrogens with zero attached hydrogens (tertiary/aromatic N) is 4. The summed E-state index contributed by atoms with van der Waals surface area (Å²) in [6.07, 6.45) is 2.30. The molecule has 12 heteroatoms. The Morgan fingerprint density at radius 1 is 1.11 bits per heavy atom. The van der Waals surface area contributed by atoms with Gasteiger partial charge in [-0.05, 0) is 30.5 Å². The van der Waals surface area contributed by atoms with Crippen molar-refractivity contribution < 1.29 is 28.2 Å². The lowest BCUT2D eigenvalue weighted by Crippen LogP contribution is -2.64. The number of piperazine rings is 1. The molecule has 3 aliphatic rings. The minimum atomic E-state index is -1.20. The summed E-state index contributed by atoms with van der Waals surface area (Å²) in [4.78, 5) is 45.3. The van der Waals surface area contributed by atoms with E-state index in [9.17, 15) is 28.3 Å². The molecule has 1 saturated carbocycles. The van der Waals surface area contributed by atoms with E-state index in [4.69, 9.17) is 4.74 Å². The van der Waals surface area contributed by atoms with E-state index in [2.05, 4.69) is 10.3 Å². The Morgan fingerprint density at radius 2 is 1.89 bits per heavy atom. The molecule has 3 heterocycles. The van der Waals surface area contributed by atoms with Gasteiger partial charge in [0, 0.05) is 25.7 Å². The Bertz CT molecular complexity index is 1250. The molecule has 1 atom stereocenters. The van der Waals surface area contributed by atoms with E-state index in [1.807, 2.05) is 4.90 Å². The zero-order valence-corrected chi connectivity index (χ0v) is 19.6. The van der Waals surface area contributed by atoms with E-state index < -0.39 is 29.0 Å². The second kappa shape index (κ2) is 9.40. The Balaban J connectivity index is 1.29. The quantitative estimate of drug-likeness (QED) is 0.642. The van der Waals surface area contributed by atoms with Gasteiger partial charge in [0.05, 0.1) is 12.6 Å². The van der Waals surface area contributed by atoms with Crippen LogP contribution in [0.4, 0.5) is 19.4 Å². The molecule has 1 unspecified atom stereocenters. The molecule has 1 aromatic carbocycles. The van der Waals surface area contributed by atoms with Crippen LogP contribution in [0.15, 0.2) is 29.1 Å². The molecule has 36 heavy (non-hydrogen) atoms. The van der Waals surface area contributed by atoms with Gasteiger partial charge in [-0.1, -0.05) is 25.3 Å². The fourth-order valence-electron chi connectivity index (χ4n) is 5.51. The normalized spacial score (nSPS) is 20.4. The van der Waals surface area contributed by atoms with Crippen LogP contribution < -0.4 is 20.6 Å². The zero-order chi connectivity index (χ0) is 25.4. The number of aromatic nitrogens is 2. The topological polar surface area (TPSA) is 117 Å². The summed E-state index contributed by atoms with van der Waals surface area (Å²) in [5.74, 6) is -1.46. The van der Waals surface area contributed by atoms with Gasteiger partial charge in [0.15, 0.2) is 11.6 Å². The van der Waals surface area contributed by atoms with Crippen molar-refractivity contribution in [2.24, 2.45) is 0 Å². The van der Waals surface area contributed by atoms with Crippen LogP contribution in [0.3, 0.4) is 0 Å². The van der Waals surface area contributed by atoms with Crippen LogP contribution >= 0.6 is 0 Å². The summed E-state index contributed by atoms with van der Waals surface area (Å²) >= 11 is 0. The lowest BCUT2D eigenvalue weighted by atomic mass is 9.80. The Labute approximate surface area is 205 Å². The van der Waals surface area contributed by atoms with Gasteiger partial charge in [0.1, 0.15) is 18.0 Å². The predicted octanol–water partition coefficient (Wildman–Crippen LogP) is 2.10. The summed E-state index contributed by atoms with van der Waals surface area (Å²) in [7, 11) is 0. The first-order chi connectivity index (χ1) is 17.3. The number of carbonyl (C=O) groups excluding carboxylic acids is 1. The second-order valence-corrected chi connectivity index (χ2v) is 9.55. The molecule has 2 aliphatic heterocycles. The molecule has 0 radical (unpaired) electrons. The first-order valence-electron chi connectivity index (χ1n) is 12.0. The van der Waals surface area contributed by atoms with Crippen LogP contribution in [-0.2, 0) is 17.9 Å². The van der Waals surface area contributed by atoms with Crippen molar-refractivity contribution in [1.29, 1.82) is 0 Å². The Kier molecular flexibility index (Phi) is 6.27. The van der Waals surface area contributed by atoms with E-state index in [0.29, 0.717) is 50.4 Å². The van der Waals surface area contributed by atoms with Crippen LogP contribution in [0.5, 0.6) is 5.88 Å². The van der Waals surface area contributed by atoms with Crippen molar-refractivity contribution in [3.8, 4) is 5.88 Å². The molecule has 192 valence electrons. The van der Waals surface area contributed by atoms with E-state index >= 15 is 0 Å². The van der Waals surface area contributed by atoms with Gasteiger partial charge in [-0.25, -0.2) is 18.4 Å². The summed E-state index contributed by atoms with van der Waals surface area (Å²) in [6.45, 7) is 1.46. The number of fused-ring (bicyclic) bond motifs is 3. The second-order valence-electron chi connectivity index (χ2n) is 9.55. The molecule has 0 bridgehead atoms. The highest BCUT2D eigenvalue weighted by Gasteiger charge is 2.46. The molecule has 2 N–H and O–H groups in total.